The van der Waals surface area contributed by atoms with Gasteiger partial charge in [0.1, 0.15) is 0 Å². The smallest absolute Gasteiger partial charge is 0.254 e. The van der Waals surface area contributed by atoms with E-state index in [2.05, 4.69) is 17.1 Å². The third-order valence-electron chi connectivity index (χ3n) is 5.77. The molecule has 1 amide bonds. The van der Waals surface area contributed by atoms with Gasteiger partial charge in [-0.3, -0.25) is 9.78 Å². The second-order valence-corrected chi connectivity index (χ2v) is 9.64. The van der Waals surface area contributed by atoms with E-state index in [0.717, 1.165) is 62.9 Å². The fourth-order valence-corrected chi connectivity index (χ4v) is 5.22. The van der Waals surface area contributed by atoms with E-state index in [1.165, 1.54) is 5.56 Å². The van der Waals surface area contributed by atoms with Gasteiger partial charge in [-0.15, -0.1) is 11.3 Å². The van der Waals surface area contributed by atoms with Crippen LogP contribution in [-0.2, 0) is 6.42 Å². The van der Waals surface area contributed by atoms with Gasteiger partial charge in [-0.25, -0.2) is 4.98 Å². The van der Waals surface area contributed by atoms with E-state index in [1.54, 1.807) is 11.3 Å². The highest BCUT2D eigenvalue weighted by atomic mass is 35.5. The minimum absolute atomic E-state index is 0.0241. The summed E-state index contributed by atoms with van der Waals surface area (Å²) < 4.78 is 1.06. The molecule has 156 valence electrons. The van der Waals surface area contributed by atoms with Crippen LogP contribution in [0.1, 0.15) is 51.1 Å². The number of fused-ring (bicyclic) bond motifs is 1. The highest BCUT2D eigenvalue weighted by Crippen LogP contribution is 2.33. The summed E-state index contributed by atoms with van der Waals surface area (Å²) in [6.07, 6.45) is 4.67. The molecule has 4 nitrogen and oxygen atoms in total. The molecule has 5 rings (SSSR count). The van der Waals surface area contributed by atoms with Crippen LogP contribution in [0.4, 0.5) is 0 Å². The number of aryl methyl sites for hydroxylation is 1. The van der Waals surface area contributed by atoms with E-state index in [9.17, 15) is 4.79 Å². The summed E-state index contributed by atoms with van der Waals surface area (Å²) in [5.74, 6) is 0.0718. The fourth-order valence-electron chi connectivity index (χ4n) is 4.23. The summed E-state index contributed by atoms with van der Waals surface area (Å²) in [6.45, 7) is 2.75. The van der Waals surface area contributed by atoms with Crippen LogP contribution < -0.4 is 0 Å². The summed E-state index contributed by atoms with van der Waals surface area (Å²) in [4.78, 5) is 24.5. The maximum atomic E-state index is 13.3. The lowest BCUT2D eigenvalue weighted by Crippen LogP contribution is -2.31. The number of carbonyl (C=O) groups excluding carboxylic acids is 1. The van der Waals surface area contributed by atoms with Crippen molar-refractivity contribution in [2.24, 2.45) is 0 Å². The number of pyridine rings is 1. The number of rotatable bonds is 4. The molecule has 0 saturated carbocycles. The number of thiazole rings is 1. The van der Waals surface area contributed by atoms with Crippen molar-refractivity contribution < 1.29 is 4.79 Å². The Balaban J connectivity index is 1.34. The van der Waals surface area contributed by atoms with Gasteiger partial charge < -0.3 is 4.90 Å². The zero-order chi connectivity index (χ0) is 21.4. The molecule has 1 atom stereocenters. The van der Waals surface area contributed by atoms with Crippen LogP contribution in [0, 0.1) is 6.92 Å². The zero-order valence-corrected chi connectivity index (χ0v) is 18.8. The fraction of sp³-hybridized carbons (Fsp3) is 0.240. The number of amides is 1. The molecule has 1 saturated heterocycles. The van der Waals surface area contributed by atoms with Crippen molar-refractivity contribution in [2.45, 2.75) is 32.2 Å². The molecule has 6 heteroatoms. The Morgan fingerprint density at radius 2 is 1.94 bits per heavy atom. The minimum atomic E-state index is 0.0241. The Bertz CT molecular complexity index is 1230. The van der Waals surface area contributed by atoms with Crippen molar-refractivity contribution in [1.82, 2.24) is 14.9 Å². The van der Waals surface area contributed by atoms with Crippen LogP contribution in [-0.4, -0.2) is 27.3 Å². The molecule has 31 heavy (non-hydrogen) atoms. The molecule has 0 N–H and O–H groups in total. The number of aromatic nitrogens is 2. The van der Waals surface area contributed by atoms with Gasteiger partial charge >= 0.3 is 0 Å². The number of halogens is 1. The van der Waals surface area contributed by atoms with Gasteiger partial charge in [-0.2, -0.15) is 0 Å². The Hall–Kier alpha value is -2.76. The van der Waals surface area contributed by atoms with Crippen LogP contribution >= 0.6 is 22.9 Å². The number of benzene rings is 2. The molecule has 2 aromatic carbocycles. The maximum absolute atomic E-state index is 13.3. The molecule has 1 unspecified atom stereocenters. The van der Waals surface area contributed by atoms with Crippen molar-refractivity contribution in [3.8, 4) is 0 Å². The first-order valence-electron chi connectivity index (χ1n) is 10.4. The third-order valence-corrected chi connectivity index (χ3v) is 6.95. The highest BCUT2D eigenvalue weighted by Gasteiger charge is 2.31. The highest BCUT2D eigenvalue weighted by molar-refractivity contribution is 7.18. The van der Waals surface area contributed by atoms with E-state index >= 15 is 0 Å². The molecule has 0 spiro atoms. The summed E-state index contributed by atoms with van der Waals surface area (Å²) in [6, 6.07) is 17.9. The molecule has 0 bridgehead atoms. The maximum Gasteiger partial charge on any atom is 0.254 e. The van der Waals surface area contributed by atoms with Crippen LogP contribution in [0.25, 0.3) is 10.2 Å². The van der Waals surface area contributed by atoms with Crippen LogP contribution in [0.15, 0.2) is 60.8 Å². The zero-order valence-electron chi connectivity index (χ0n) is 17.2. The normalized spacial score (nSPS) is 16.2. The molecule has 0 aliphatic carbocycles. The average molecular weight is 448 g/mol. The van der Waals surface area contributed by atoms with E-state index in [4.69, 9.17) is 16.6 Å². The minimum Gasteiger partial charge on any atom is -0.330 e. The first-order chi connectivity index (χ1) is 15.1. The molecule has 3 heterocycles. The topological polar surface area (TPSA) is 46.1 Å². The molecule has 1 aliphatic rings. The van der Waals surface area contributed by atoms with Crippen molar-refractivity contribution in [2.75, 3.05) is 6.54 Å². The summed E-state index contributed by atoms with van der Waals surface area (Å²) in [5.41, 5.74) is 4.98. The predicted molar refractivity (Wildman–Crippen MR) is 126 cm³/mol. The standard InChI is InChI=1S/C25H22ClN3OS/c1-16-28-22-11-7-19(14-24(22)31-16)25(30)29-12-2-3-23(29)21-10-6-18(15-27-21)13-17-4-8-20(26)9-5-17/h4-11,14-15,23H,2-3,12-13H2,1H3. The Morgan fingerprint density at radius 3 is 2.71 bits per heavy atom. The molecule has 0 radical (unpaired) electrons. The third kappa shape index (κ3) is 4.21. The van der Waals surface area contributed by atoms with E-state index in [0.29, 0.717) is 0 Å². The molecule has 2 aromatic heterocycles. The molecular formula is C25H22ClN3OS. The lowest BCUT2D eigenvalue weighted by Gasteiger charge is -2.24. The average Bonchev–Trinajstić information content (AvgIpc) is 3.41. The summed E-state index contributed by atoms with van der Waals surface area (Å²) in [5, 5.41) is 1.76. The lowest BCUT2D eigenvalue weighted by molar-refractivity contribution is 0.0733. The van der Waals surface area contributed by atoms with Crippen molar-refractivity contribution in [3.63, 3.8) is 0 Å². The van der Waals surface area contributed by atoms with Gasteiger partial charge in [0.25, 0.3) is 5.91 Å². The van der Waals surface area contributed by atoms with Gasteiger partial charge in [0.15, 0.2) is 0 Å². The number of hydrogen-bond acceptors (Lipinski definition) is 4. The number of nitrogens with zero attached hydrogens (tertiary/aromatic N) is 3. The predicted octanol–water partition coefficient (Wildman–Crippen LogP) is 6.22. The van der Waals surface area contributed by atoms with E-state index in [1.807, 2.05) is 60.5 Å². The van der Waals surface area contributed by atoms with Crippen molar-refractivity contribution in [3.05, 3.63) is 93.2 Å². The molecule has 4 aromatic rings. The number of hydrogen-bond donors (Lipinski definition) is 0. The van der Waals surface area contributed by atoms with Gasteiger partial charge in [0.2, 0.25) is 0 Å². The van der Waals surface area contributed by atoms with Gasteiger partial charge in [-0.05, 0) is 73.7 Å². The van der Waals surface area contributed by atoms with E-state index < -0.39 is 0 Å². The monoisotopic (exact) mass is 447 g/mol. The summed E-state index contributed by atoms with van der Waals surface area (Å²) in [7, 11) is 0. The van der Waals surface area contributed by atoms with Gasteiger partial charge in [0.05, 0.1) is 27.0 Å². The Labute approximate surface area is 190 Å². The van der Waals surface area contributed by atoms with Gasteiger partial charge in [-0.1, -0.05) is 29.8 Å². The second kappa shape index (κ2) is 8.40. The Morgan fingerprint density at radius 1 is 1.13 bits per heavy atom. The van der Waals surface area contributed by atoms with Gasteiger partial charge in [0, 0.05) is 23.3 Å². The first-order valence-corrected chi connectivity index (χ1v) is 11.6. The van der Waals surface area contributed by atoms with Crippen molar-refractivity contribution in [1.29, 1.82) is 0 Å². The molecule has 1 aliphatic heterocycles. The lowest BCUT2D eigenvalue weighted by atomic mass is 10.0. The Kier molecular flexibility index (Phi) is 5.47. The van der Waals surface area contributed by atoms with Crippen LogP contribution in [0.5, 0.6) is 0 Å². The summed E-state index contributed by atoms with van der Waals surface area (Å²) >= 11 is 7.60. The van der Waals surface area contributed by atoms with Crippen LogP contribution in [0.2, 0.25) is 5.02 Å². The largest absolute Gasteiger partial charge is 0.330 e. The van der Waals surface area contributed by atoms with E-state index in [-0.39, 0.29) is 11.9 Å². The number of likely N-dealkylation sites (tertiary alicyclic amines) is 1. The molecule has 1 fully saturated rings. The second-order valence-electron chi connectivity index (χ2n) is 7.97. The quantitative estimate of drug-likeness (QED) is 0.373. The van der Waals surface area contributed by atoms with Crippen molar-refractivity contribution >= 4 is 39.1 Å². The van der Waals surface area contributed by atoms with Crippen LogP contribution in [0.3, 0.4) is 0 Å². The first kappa shape index (κ1) is 20.2. The number of carbonyl (C=O) groups is 1. The SMILES string of the molecule is Cc1nc2ccc(C(=O)N3CCCC3c3ccc(Cc4ccc(Cl)cc4)cn3)cc2s1. The molecular weight excluding hydrogens is 426 g/mol.